The molecule has 1 aliphatic heterocycles. The van der Waals surface area contributed by atoms with Gasteiger partial charge in [-0.25, -0.2) is 0 Å². The maximum atomic E-state index is 9.97. The van der Waals surface area contributed by atoms with Crippen LogP contribution in [0.5, 0.6) is 0 Å². The van der Waals surface area contributed by atoms with E-state index in [4.69, 9.17) is 21.1 Å². The quantitative estimate of drug-likeness (QED) is 0.426. The van der Waals surface area contributed by atoms with Crippen LogP contribution in [0, 0.1) is 0 Å². The molecule has 0 amide bonds. The van der Waals surface area contributed by atoms with Crippen LogP contribution in [0.2, 0.25) is 0 Å². The van der Waals surface area contributed by atoms with Crippen LogP contribution in [0.1, 0.15) is 0 Å². The highest BCUT2D eigenvalue weighted by atomic mass is 35.5. The lowest BCUT2D eigenvalue weighted by Gasteiger charge is -2.09. The maximum Gasteiger partial charge on any atom is 0.262 e. The Balaban J connectivity index is 2.35. The number of rotatable bonds is 2. The molecule has 0 aliphatic carbocycles. The van der Waals surface area contributed by atoms with Crippen molar-refractivity contribution in [3.05, 3.63) is 12.5 Å². The molecule has 0 bridgehead atoms. The van der Waals surface area contributed by atoms with E-state index in [0.29, 0.717) is 6.29 Å². The van der Waals surface area contributed by atoms with Crippen molar-refractivity contribution in [1.82, 2.24) is 0 Å². The van der Waals surface area contributed by atoms with E-state index in [1.165, 1.54) is 12.5 Å². The van der Waals surface area contributed by atoms with Crippen LogP contribution in [0.3, 0.4) is 0 Å². The van der Waals surface area contributed by atoms with E-state index in [1.54, 1.807) is 0 Å². The molecule has 1 aliphatic rings. The monoisotopic (exact) mass is 148 g/mol. The third-order valence-electron chi connectivity index (χ3n) is 0.871. The fraction of sp³-hybridized carbons (Fsp3) is 0.400. The largest absolute Gasteiger partial charge is 0.457 e. The first-order valence-electron chi connectivity index (χ1n) is 2.40. The van der Waals surface area contributed by atoms with Crippen molar-refractivity contribution in [2.75, 3.05) is 0 Å². The number of carbonyl (C=O) groups excluding carboxylic acids is 1. The Labute approximate surface area is 57.2 Å². The fourth-order valence-corrected chi connectivity index (χ4v) is 0.584. The van der Waals surface area contributed by atoms with Crippen LogP contribution in [0.25, 0.3) is 0 Å². The second kappa shape index (κ2) is 2.73. The predicted molar refractivity (Wildman–Crippen MR) is 30.8 cm³/mol. The van der Waals surface area contributed by atoms with Gasteiger partial charge in [0.1, 0.15) is 18.8 Å². The molecule has 9 heavy (non-hydrogen) atoms. The normalized spacial score (nSPS) is 20.6. The maximum absolute atomic E-state index is 9.97. The molecule has 1 heterocycles. The molecule has 50 valence electrons. The van der Waals surface area contributed by atoms with E-state index in [0.717, 1.165) is 0 Å². The number of hydrogen-bond donors (Lipinski definition) is 0. The summed E-state index contributed by atoms with van der Waals surface area (Å²) in [5.41, 5.74) is 0. The molecule has 0 spiro atoms. The molecule has 0 N–H and O–H groups in total. The van der Waals surface area contributed by atoms with Crippen molar-refractivity contribution < 1.29 is 14.3 Å². The number of alkyl halides is 1. The summed E-state index contributed by atoms with van der Waals surface area (Å²) in [5.74, 6) is 0. The zero-order valence-corrected chi connectivity index (χ0v) is 5.25. The van der Waals surface area contributed by atoms with E-state index in [1.807, 2.05) is 0 Å². The zero-order chi connectivity index (χ0) is 6.69. The van der Waals surface area contributed by atoms with E-state index < -0.39 is 11.7 Å². The van der Waals surface area contributed by atoms with Gasteiger partial charge in [-0.3, -0.25) is 0 Å². The molecular weight excluding hydrogens is 144 g/mol. The van der Waals surface area contributed by atoms with Crippen LogP contribution in [0.4, 0.5) is 0 Å². The van der Waals surface area contributed by atoms with Crippen molar-refractivity contribution in [2.24, 2.45) is 0 Å². The average Bonchev–Trinajstić information content (AvgIpc) is 2.37. The van der Waals surface area contributed by atoms with Gasteiger partial charge < -0.3 is 14.3 Å². The molecule has 0 fully saturated rings. The van der Waals surface area contributed by atoms with Crippen LogP contribution in [0.15, 0.2) is 12.5 Å². The van der Waals surface area contributed by atoms with Gasteiger partial charge in [0.05, 0.1) is 0 Å². The van der Waals surface area contributed by atoms with Gasteiger partial charge in [-0.05, 0) is 0 Å². The summed E-state index contributed by atoms with van der Waals surface area (Å²) in [7, 11) is 0. The zero-order valence-electron chi connectivity index (χ0n) is 4.49. The number of aldehydes is 1. The lowest BCUT2D eigenvalue weighted by molar-refractivity contribution is -0.113. The first-order chi connectivity index (χ1) is 4.34. The van der Waals surface area contributed by atoms with Gasteiger partial charge in [-0.1, -0.05) is 0 Å². The Kier molecular flexibility index (Phi) is 1.95. The molecule has 1 atom stereocenters. The summed E-state index contributed by atoms with van der Waals surface area (Å²) >= 11 is 5.41. The molecule has 4 heteroatoms. The Hall–Kier alpha value is -0.700. The summed E-state index contributed by atoms with van der Waals surface area (Å²) in [6.45, 7) is 0. The van der Waals surface area contributed by atoms with Crippen molar-refractivity contribution in [3.63, 3.8) is 0 Å². The van der Waals surface area contributed by atoms with Crippen molar-refractivity contribution in [2.45, 2.75) is 11.7 Å². The molecule has 0 aromatic heterocycles. The van der Waals surface area contributed by atoms with Gasteiger partial charge in [0.2, 0.25) is 0 Å². The molecule has 0 saturated carbocycles. The summed E-state index contributed by atoms with van der Waals surface area (Å²) in [6.07, 6.45) is 2.64. The minimum atomic E-state index is -0.722. The molecule has 1 unspecified atom stereocenters. The predicted octanol–water partition coefficient (Wildman–Crippen LogP) is 0.637. The summed E-state index contributed by atoms with van der Waals surface area (Å²) in [6, 6.07) is 0. The van der Waals surface area contributed by atoms with E-state index >= 15 is 0 Å². The molecule has 1 rings (SSSR count). The minimum absolute atomic E-state index is 0.569. The number of carbonyl (C=O) groups is 1. The second-order valence-corrected chi connectivity index (χ2v) is 2.00. The Morgan fingerprint density at radius 2 is 2.11 bits per heavy atom. The summed E-state index contributed by atoms with van der Waals surface area (Å²) in [5, 5.41) is -0.722. The van der Waals surface area contributed by atoms with Crippen molar-refractivity contribution in [1.29, 1.82) is 0 Å². The minimum Gasteiger partial charge on any atom is -0.457 e. The Morgan fingerprint density at radius 1 is 1.56 bits per heavy atom. The fourth-order valence-electron chi connectivity index (χ4n) is 0.465. The average molecular weight is 149 g/mol. The summed E-state index contributed by atoms with van der Waals surface area (Å²) in [4.78, 5) is 9.97. The van der Waals surface area contributed by atoms with Gasteiger partial charge in [0.25, 0.3) is 6.29 Å². The highest BCUT2D eigenvalue weighted by Gasteiger charge is 2.22. The Bertz CT molecular complexity index is 126. The van der Waals surface area contributed by atoms with Gasteiger partial charge in [-0.2, -0.15) is 0 Å². The van der Waals surface area contributed by atoms with Crippen LogP contribution in [-0.4, -0.2) is 18.0 Å². The topological polar surface area (TPSA) is 35.5 Å². The van der Waals surface area contributed by atoms with E-state index in [9.17, 15) is 4.79 Å². The van der Waals surface area contributed by atoms with Crippen molar-refractivity contribution >= 4 is 17.9 Å². The smallest absolute Gasteiger partial charge is 0.262 e. The van der Waals surface area contributed by atoms with Crippen LogP contribution < -0.4 is 0 Å². The van der Waals surface area contributed by atoms with Gasteiger partial charge in [0, 0.05) is 0 Å². The first kappa shape index (κ1) is 6.42. The third kappa shape index (κ3) is 1.36. The number of hydrogen-bond acceptors (Lipinski definition) is 3. The summed E-state index contributed by atoms with van der Waals surface area (Å²) < 4.78 is 9.48. The van der Waals surface area contributed by atoms with Crippen LogP contribution >= 0.6 is 11.6 Å². The first-order valence-corrected chi connectivity index (χ1v) is 2.83. The Morgan fingerprint density at radius 3 is 2.56 bits per heavy atom. The van der Waals surface area contributed by atoms with Gasteiger partial charge >= 0.3 is 0 Å². The van der Waals surface area contributed by atoms with Gasteiger partial charge in [0.15, 0.2) is 5.38 Å². The SMILES string of the molecule is O=CC(Cl)C1OC=CO1. The van der Waals surface area contributed by atoms with E-state index in [2.05, 4.69) is 0 Å². The third-order valence-corrected chi connectivity index (χ3v) is 1.18. The molecule has 0 aromatic rings. The number of ether oxygens (including phenoxy) is 2. The molecular formula is C5H5ClO3. The molecule has 0 radical (unpaired) electrons. The molecule has 0 aromatic carbocycles. The lowest BCUT2D eigenvalue weighted by Crippen LogP contribution is -2.22. The highest BCUT2D eigenvalue weighted by molar-refractivity contribution is 6.27. The van der Waals surface area contributed by atoms with Crippen molar-refractivity contribution in [3.8, 4) is 0 Å². The lowest BCUT2D eigenvalue weighted by atomic mass is 10.4. The van der Waals surface area contributed by atoms with E-state index in [-0.39, 0.29) is 0 Å². The van der Waals surface area contributed by atoms with Gasteiger partial charge in [-0.15, -0.1) is 11.6 Å². The molecule has 3 nitrogen and oxygen atoms in total. The van der Waals surface area contributed by atoms with Crippen LogP contribution in [-0.2, 0) is 14.3 Å². The highest BCUT2D eigenvalue weighted by Crippen LogP contribution is 2.12. The standard InChI is InChI=1S/C5H5ClO3/c6-4(3-7)5-8-1-2-9-5/h1-5H. The number of halogens is 1. The second-order valence-electron chi connectivity index (χ2n) is 1.49. The molecule has 0 saturated heterocycles.